The van der Waals surface area contributed by atoms with Crippen LogP contribution in [0.4, 0.5) is 0 Å². The molecule has 8 nitrogen and oxygen atoms in total. The lowest BCUT2D eigenvalue weighted by Crippen LogP contribution is -2.40. The summed E-state index contributed by atoms with van der Waals surface area (Å²) in [5.74, 6) is -4.31. The Morgan fingerprint density at radius 2 is 1.67 bits per heavy atom. The molecule has 114 valence electrons. The lowest BCUT2D eigenvalue weighted by molar-refractivity contribution is -0.140. The number of aromatic hydroxyl groups is 2. The highest BCUT2D eigenvalue weighted by molar-refractivity contribution is 6.01. The van der Waals surface area contributed by atoms with Crippen LogP contribution in [0, 0.1) is 0 Å². The number of hydrogen-bond acceptors (Lipinski definition) is 5. The smallest absolute Gasteiger partial charge is 0.326 e. The van der Waals surface area contributed by atoms with Crippen molar-refractivity contribution in [3.8, 4) is 11.5 Å². The molecule has 0 fully saturated rings. The van der Waals surface area contributed by atoms with Crippen LogP contribution in [0.5, 0.6) is 11.5 Å². The molecule has 0 bridgehead atoms. The van der Waals surface area contributed by atoms with E-state index in [0.29, 0.717) is 0 Å². The van der Waals surface area contributed by atoms with Crippen LogP contribution in [-0.2, 0) is 9.59 Å². The Hall–Kier alpha value is -2.77. The third kappa shape index (κ3) is 4.68. The number of rotatable bonds is 7. The fraction of sp³-hybridized carbons (Fsp3) is 0.308. The zero-order chi connectivity index (χ0) is 16.0. The topological polar surface area (TPSA) is 144 Å². The van der Waals surface area contributed by atoms with Crippen molar-refractivity contribution in [1.82, 2.24) is 5.32 Å². The van der Waals surface area contributed by atoms with Gasteiger partial charge in [0, 0.05) is 6.42 Å². The van der Waals surface area contributed by atoms with Crippen LogP contribution in [0.25, 0.3) is 0 Å². The maximum Gasteiger partial charge on any atom is 0.326 e. The molecule has 0 spiro atoms. The number of benzene rings is 1. The second-order valence-corrected chi connectivity index (χ2v) is 4.32. The van der Waals surface area contributed by atoms with Crippen LogP contribution in [0.15, 0.2) is 18.2 Å². The van der Waals surface area contributed by atoms with E-state index in [1.807, 2.05) is 0 Å². The van der Waals surface area contributed by atoms with E-state index in [-0.39, 0.29) is 19.3 Å². The Morgan fingerprint density at radius 3 is 2.14 bits per heavy atom. The summed E-state index contributed by atoms with van der Waals surface area (Å²) in [6, 6.07) is 2.36. The second-order valence-electron chi connectivity index (χ2n) is 4.32. The molecule has 8 heteroatoms. The molecule has 0 unspecified atom stereocenters. The fourth-order valence-corrected chi connectivity index (χ4v) is 1.71. The number of aliphatic carboxylic acids is 2. The molecule has 0 radical (unpaired) electrons. The zero-order valence-corrected chi connectivity index (χ0v) is 10.9. The minimum absolute atomic E-state index is 0.0688. The van der Waals surface area contributed by atoms with Crippen LogP contribution in [-0.4, -0.2) is 44.3 Å². The van der Waals surface area contributed by atoms with Crippen LogP contribution in [0.2, 0.25) is 0 Å². The first kappa shape index (κ1) is 16.3. The van der Waals surface area contributed by atoms with Crippen molar-refractivity contribution in [2.45, 2.75) is 25.3 Å². The van der Waals surface area contributed by atoms with Gasteiger partial charge in [0.25, 0.3) is 5.91 Å². The largest absolute Gasteiger partial charge is 0.507 e. The molecule has 0 aliphatic rings. The van der Waals surface area contributed by atoms with Crippen LogP contribution in [0.1, 0.15) is 29.6 Å². The standard InChI is InChI=1S/C13H15NO7/c15-8-4-2-5-9(16)11(8)12(19)14-7(13(20)21)3-1-6-10(17)18/h2,4-5,7,15-16H,1,3,6H2,(H,14,19)(H,17,18)(H,20,21)/t7-/m1/s1. The number of phenolic OH excluding ortho intramolecular Hbond substituents is 2. The van der Waals surface area contributed by atoms with Crippen LogP contribution < -0.4 is 5.32 Å². The van der Waals surface area contributed by atoms with Gasteiger partial charge in [-0.3, -0.25) is 9.59 Å². The summed E-state index contributed by atoms with van der Waals surface area (Å²) in [5.41, 5.74) is -0.429. The molecule has 1 rings (SSSR count). The number of carboxylic acids is 2. The summed E-state index contributed by atoms with van der Waals surface area (Å²) in [6.07, 6.45) is -0.234. The van der Waals surface area contributed by atoms with E-state index in [1.165, 1.54) is 18.2 Å². The van der Waals surface area contributed by atoms with Gasteiger partial charge >= 0.3 is 11.9 Å². The molecular formula is C13H15NO7. The first-order valence-corrected chi connectivity index (χ1v) is 6.09. The Balaban J connectivity index is 2.77. The minimum Gasteiger partial charge on any atom is -0.507 e. The van der Waals surface area contributed by atoms with Gasteiger partial charge in [0.2, 0.25) is 0 Å². The van der Waals surface area contributed by atoms with E-state index < -0.39 is 41.0 Å². The molecule has 0 aromatic heterocycles. The molecule has 0 aliphatic carbocycles. The predicted molar refractivity (Wildman–Crippen MR) is 70.1 cm³/mol. The average Bonchev–Trinajstić information content (AvgIpc) is 2.36. The molecule has 0 heterocycles. The first-order chi connectivity index (χ1) is 9.82. The number of nitrogens with one attached hydrogen (secondary N) is 1. The predicted octanol–water partition coefficient (Wildman–Crippen LogP) is 0.536. The molecule has 0 saturated carbocycles. The van der Waals surface area contributed by atoms with Gasteiger partial charge in [-0.25, -0.2) is 4.79 Å². The summed E-state index contributed by atoms with van der Waals surface area (Å²) in [5, 5.41) is 38.7. The van der Waals surface area contributed by atoms with E-state index in [1.54, 1.807) is 0 Å². The number of amides is 1. The maximum absolute atomic E-state index is 11.9. The second kappa shape index (κ2) is 7.13. The number of carbonyl (C=O) groups is 3. The molecule has 1 aromatic carbocycles. The van der Waals surface area contributed by atoms with Crippen molar-refractivity contribution in [2.75, 3.05) is 0 Å². The van der Waals surface area contributed by atoms with Crippen molar-refractivity contribution in [3.63, 3.8) is 0 Å². The molecule has 1 aromatic rings. The molecule has 1 amide bonds. The SMILES string of the molecule is O=C(O)CCC[C@@H](NC(=O)c1c(O)cccc1O)C(=O)O. The van der Waals surface area contributed by atoms with Crippen molar-refractivity contribution in [2.24, 2.45) is 0 Å². The van der Waals surface area contributed by atoms with Crippen molar-refractivity contribution < 1.29 is 34.8 Å². The third-order valence-electron chi connectivity index (χ3n) is 2.73. The highest BCUT2D eigenvalue weighted by atomic mass is 16.4. The zero-order valence-electron chi connectivity index (χ0n) is 10.9. The van der Waals surface area contributed by atoms with E-state index >= 15 is 0 Å². The van der Waals surface area contributed by atoms with E-state index in [4.69, 9.17) is 10.2 Å². The van der Waals surface area contributed by atoms with Crippen molar-refractivity contribution >= 4 is 17.8 Å². The van der Waals surface area contributed by atoms with Crippen molar-refractivity contribution in [1.29, 1.82) is 0 Å². The normalized spacial score (nSPS) is 11.6. The fourth-order valence-electron chi connectivity index (χ4n) is 1.71. The monoisotopic (exact) mass is 297 g/mol. The van der Waals surface area contributed by atoms with E-state index in [0.717, 1.165) is 0 Å². The minimum atomic E-state index is -1.33. The lowest BCUT2D eigenvalue weighted by Gasteiger charge is -2.15. The van der Waals surface area contributed by atoms with E-state index in [2.05, 4.69) is 5.32 Å². The molecule has 0 saturated heterocycles. The Kier molecular flexibility index (Phi) is 5.53. The molecule has 5 N–H and O–H groups in total. The van der Waals surface area contributed by atoms with Gasteiger partial charge in [0.1, 0.15) is 23.1 Å². The van der Waals surface area contributed by atoms with Gasteiger partial charge in [-0.2, -0.15) is 0 Å². The van der Waals surface area contributed by atoms with Crippen LogP contribution in [0.3, 0.4) is 0 Å². The molecule has 0 aliphatic heterocycles. The highest BCUT2D eigenvalue weighted by Crippen LogP contribution is 2.26. The van der Waals surface area contributed by atoms with Gasteiger partial charge in [-0.1, -0.05) is 6.07 Å². The third-order valence-corrected chi connectivity index (χ3v) is 2.73. The number of phenols is 2. The lowest BCUT2D eigenvalue weighted by atomic mass is 10.1. The Labute approximate surface area is 119 Å². The summed E-state index contributed by atoms with van der Waals surface area (Å²) < 4.78 is 0. The summed E-state index contributed by atoms with van der Waals surface area (Å²) in [6.45, 7) is 0. The van der Waals surface area contributed by atoms with Gasteiger partial charge in [-0.15, -0.1) is 0 Å². The van der Waals surface area contributed by atoms with Gasteiger partial charge in [0.15, 0.2) is 0 Å². The Bertz CT molecular complexity index is 535. The Morgan fingerprint density at radius 1 is 1.10 bits per heavy atom. The molecule has 1 atom stereocenters. The molecular weight excluding hydrogens is 282 g/mol. The van der Waals surface area contributed by atoms with Crippen molar-refractivity contribution in [3.05, 3.63) is 23.8 Å². The van der Waals surface area contributed by atoms with Gasteiger partial charge < -0.3 is 25.7 Å². The average molecular weight is 297 g/mol. The van der Waals surface area contributed by atoms with Gasteiger partial charge in [-0.05, 0) is 25.0 Å². The molecule has 21 heavy (non-hydrogen) atoms. The quantitative estimate of drug-likeness (QED) is 0.493. The van der Waals surface area contributed by atoms with Crippen LogP contribution >= 0.6 is 0 Å². The summed E-state index contributed by atoms with van der Waals surface area (Å²) in [4.78, 5) is 33.3. The number of carboxylic acid groups (broad SMARTS) is 2. The highest BCUT2D eigenvalue weighted by Gasteiger charge is 2.24. The number of hydrogen-bond donors (Lipinski definition) is 5. The van der Waals surface area contributed by atoms with E-state index in [9.17, 15) is 24.6 Å². The van der Waals surface area contributed by atoms with Gasteiger partial charge in [0.05, 0.1) is 0 Å². The summed E-state index contributed by atoms with van der Waals surface area (Å²) in [7, 11) is 0. The summed E-state index contributed by atoms with van der Waals surface area (Å²) >= 11 is 0. The number of carbonyl (C=O) groups excluding carboxylic acids is 1. The first-order valence-electron chi connectivity index (χ1n) is 6.09. The maximum atomic E-state index is 11.9.